The van der Waals surface area contributed by atoms with Crippen LogP contribution < -0.4 is 5.32 Å². The van der Waals surface area contributed by atoms with Crippen molar-refractivity contribution in [1.29, 1.82) is 0 Å². The van der Waals surface area contributed by atoms with Gasteiger partial charge in [0.15, 0.2) is 5.22 Å². The van der Waals surface area contributed by atoms with Crippen molar-refractivity contribution in [2.45, 2.75) is 26.4 Å². The van der Waals surface area contributed by atoms with Crippen LogP contribution in [-0.4, -0.2) is 6.04 Å². The first-order valence-electron chi connectivity index (χ1n) is 5.08. The highest BCUT2D eigenvalue weighted by Gasteiger charge is 2.11. The zero-order valence-electron chi connectivity index (χ0n) is 8.88. The lowest BCUT2D eigenvalue weighted by molar-refractivity contribution is 0.573. The maximum atomic E-state index is 6.04. The fraction of sp³-hybridized carbons (Fsp3) is 0.333. The highest BCUT2D eigenvalue weighted by molar-refractivity contribution is 6.30. The van der Waals surface area contributed by atoms with Crippen LogP contribution in [0, 0.1) is 0 Å². The quantitative estimate of drug-likeness (QED) is 0.861. The molecule has 3 heteroatoms. The van der Waals surface area contributed by atoms with Gasteiger partial charge >= 0.3 is 0 Å². The summed E-state index contributed by atoms with van der Waals surface area (Å²) in [6.45, 7) is 4.96. The Hall–Kier alpha value is -0.990. The van der Waals surface area contributed by atoms with Crippen molar-refractivity contribution in [2.24, 2.45) is 0 Å². The van der Waals surface area contributed by atoms with Gasteiger partial charge in [-0.3, -0.25) is 0 Å². The molecule has 0 saturated carbocycles. The Morgan fingerprint density at radius 3 is 2.80 bits per heavy atom. The highest BCUT2D eigenvalue weighted by atomic mass is 35.5. The third kappa shape index (κ3) is 2.16. The van der Waals surface area contributed by atoms with E-state index in [-0.39, 0.29) is 0 Å². The smallest absolute Gasteiger partial charge is 0.199 e. The van der Waals surface area contributed by atoms with Crippen LogP contribution in [0.15, 0.2) is 28.7 Å². The van der Waals surface area contributed by atoms with E-state index in [1.807, 2.05) is 24.3 Å². The Labute approximate surface area is 94.2 Å². The van der Waals surface area contributed by atoms with E-state index in [0.717, 1.165) is 23.1 Å². The van der Waals surface area contributed by atoms with Gasteiger partial charge in [0.25, 0.3) is 0 Å². The Balaban J connectivity index is 2.36. The molecule has 80 valence electrons. The molecule has 1 aromatic heterocycles. The molecule has 0 amide bonds. The number of fused-ring (bicyclic) bond motifs is 1. The molecule has 0 saturated heterocycles. The molecule has 0 radical (unpaired) electrons. The van der Waals surface area contributed by atoms with Crippen molar-refractivity contribution >= 4 is 22.6 Å². The number of para-hydroxylation sites is 1. The molecule has 0 aliphatic rings. The molecule has 0 spiro atoms. The van der Waals surface area contributed by atoms with Gasteiger partial charge in [-0.1, -0.05) is 32.0 Å². The molecule has 0 unspecified atom stereocenters. The third-order valence-electron chi connectivity index (χ3n) is 2.34. The van der Waals surface area contributed by atoms with Crippen LogP contribution in [0.4, 0.5) is 0 Å². The number of halogens is 1. The van der Waals surface area contributed by atoms with E-state index in [9.17, 15) is 0 Å². The summed E-state index contributed by atoms with van der Waals surface area (Å²) >= 11 is 6.04. The minimum absolute atomic E-state index is 0.440. The maximum Gasteiger partial charge on any atom is 0.199 e. The van der Waals surface area contributed by atoms with Crippen molar-refractivity contribution in [1.82, 2.24) is 5.32 Å². The minimum Gasteiger partial charge on any atom is -0.444 e. The molecule has 0 fully saturated rings. The van der Waals surface area contributed by atoms with Crippen molar-refractivity contribution in [3.63, 3.8) is 0 Å². The van der Waals surface area contributed by atoms with Gasteiger partial charge in [0, 0.05) is 23.5 Å². The van der Waals surface area contributed by atoms with Crippen LogP contribution in [0.3, 0.4) is 0 Å². The SMILES string of the molecule is CC(C)NCc1c(Cl)oc2ccccc12. The lowest BCUT2D eigenvalue weighted by Gasteiger charge is -2.06. The van der Waals surface area contributed by atoms with Crippen LogP contribution in [0.1, 0.15) is 19.4 Å². The number of hydrogen-bond acceptors (Lipinski definition) is 2. The topological polar surface area (TPSA) is 25.2 Å². The molecule has 1 N–H and O–H groups in total. The molecule has 2 nitrogen and oxygen atoms in total. The first-order chi connectivity index (χ1) is 7.18. The molecule has 1 heterocycles. The van der Waals surface area contributed by atoms with Gasteiger partial charge in [-0.05, 0) is 17.7 Å². The number of rotatable bonds is 3. The Bertz CT molecular complexity index is 462. The summed E-state index contributed by atoms with van der Waals surface area (Å²) in [6, 6.07) is 8.34. The predicted octanol–water partition coefficient (Wildman–Crippen LogP) is 3.58. The summed E-state index contributed by atoms with van der Waals surface area (Å²) in [5.74, 6) is 0. The summed E-state index contributed by atoms with van der Waals surface area (Å²) in [6.07, 6.45) is 0. The van der Waals surface area contributed by atoms with Crippen molar-refractivity contribution in [3.8, 4) is 0 Å². The second kappa shape index (κ2) is 4.25. The van der Waals surface area contributed by atoms with Gasteiger partial charge in [0.2, 0.25) is 0 Å². The van der Waals surface area contributed by atoms with Crippen LogP contribution in [0.5, 0.6) is 0 Å². The Morgan fingerprint density at radius 1 is 1.33 bits per heavy atom. The van der Waals surface area contributed by atoms with E-state index in [2.05, 4.69) is 19.2 Å². The zero-order valence-corrected chi connectivity index (χ0v) is 9.64. The molecule has 2 rings (SSSR count). The summed E-state index contributed by atoms with van der Waals surface area (Å²) in [7, 11) is 0. The van der Waals surface area contributed by atoms with E-state index in [4.69, 9.17) is 16.0 Å². The largest absolute Gasteiger partial charge is 0.444 e. The normalized spacial score (nSPS) is 11.5. The van der Waals surface area contributed by atoms with Crippen LogP contribution in [0.2, 0.25) is 5.22 Å². The van der Waals surface area contributed by atoms with Gasteiger partial charge in [-0.25, -0.2) is 0 Å². The van der Waals surface area contributed by atoms with E-state index in [1.54, 1.807) is 0 Å². The van der Waals surface area contributed by atoms with Crippen LogP contribution in [-0.2, 0) is 6.54 Å². The van der Waals surface area contributed by atoms with E-state index < -0.39 is 0 Å². The summed E-state index contributed by atoms with van der Waals surface area (Å²) in [5, 5.41) is 4.92. The molecule has 2 aromatic rings. The predicted molar refractivity (Wildman–Crippen MR) is 63.2 cm³/mol. The monoisotopic (exact) mass is 223 g/mol. The highest BCUT2D eigenvalue weighted by Crippen LogP contribution is 2.29. The van der Waals surface area contributed by atoms with E-state index in [0.29, 0.717) is 11.3 Å². The Morgan fingerprint density at radius 2 is 2.07 bits per heavy atom. The average Bonchev–Trinajstić information content (AvgIpc) is 2.50. The standard InChI is InChI=1S/C12H14ClNO/c1-8(2)14-7-10-9-5-3-4-6-11(9)15-12(10)13/h3-6,8,14H,7H2,1-2H3. The minimum atomic E-state index is 0.440. The first kappa shape index (κ1) is 10.5. The summed E-state index contributed by atoms with van der Waals surface area (Å²) in [4.78, 5) is 0. The second-order valence-corrected chi connectivity index (χ2v) is 4.23. The lowest BCUT2D eigenvalue weighted by Crippen LogP contribution is -2.21. The van der Waals surface area contributed by atoms with Crippen LogP contribution >= 0.6 is 11.6 Å². The molecule has 0 aliphatic heterocycles. The van der Waals surface area contributed by atoms with E-state index in [1.165, 1.54) is 0 Å². The number of hydrogen-bond donors (Lipinski definition) is 1. The molecule has 0 bridgehead atoms. The fourth-order valence-corrected chi connectivity index (χ4v) is 1.79. The molecular weight excluding hydrogens is 210 g/mol. The van der Waals surface area contributed by atoms with Gasteiger partial charge in [0.1, 0.15) is 5.58 Å². The van der Waals surface area contributed by atoms with E-state index >= 15 is 0 Å². The Kier molecular flexibility index (Phi) is 2.98. The van der Waals surface area contributed by atoms with Crippen molar-refractivity contribution in [3.05, 3.63) is 35.0 Å². The van der Waals surface area contributed by atoms with Gasteiger partial charge in [-0.15, -0.1) is 0 Å². The third-order valence-corrected chi connectivity index (χ3v) is 2.64. The van der Waals surface area contributed by atoms with Gasteiger partial charge < -0.3 is 9.73 Å². The zero-order chi connectivity index (χ0) is 10.8. The maximum absolute atomic E-state index is 6.04. The fourth-order valence-electron chi connectivity index (χ4n) is 1.54. The number of benzene rings is 1. The number of furan rings is 1. The molecule has 1 aromatic carbocycles. The summed E-state index contributed by atoms with van der Waals surface area (Å²) < 4.78 is 5.46. The molecule has 15 heavy (non-hydrogen) atoms. The van der Waals surface area contributed by atoms with Gasteiger partial charge in [0.05, 0.1) is 0 Å². The molecule has 0 aliphatic carbocycles. The molecule has 0 atom stereocenters. The lowest BCUT2D eigenvalue weighted by atomic mass is 10.2. The van der Waals surface area contributed by atoms with Gasteiger partial charge in [-0.2, -0.15) is 0 Å². The number of nitrogens with one attached hydrogen (secondary N) is 1. The second-order valence-electron chi connectivity index (χ2n) is 3.89. The molecular formula is C12H14ClNO. The summed E-state index contributed by atoms with van der Waals surface area (Å²) in [5.41, 5.74) is 1.89. The van der Waals surface area contributed by atoms with Crippen LogP contribution in [0.25, 0.3) is 11.0 Å². The first-order valence-corrected chi connectivity index (χ1v) is 5.45. The average molecular weight is 224 g/mol. The van der Waals surface area contributed by atoms with Crippen molar-refractivity contribution < 1.29 is 4.42 Å². The van der Waals surface area contributed by atoms with Crippen molar-refractivity contribution in [2.75, 3.05) is 0 Å².